The smallest absolute Gasteiger partial charge is 1.00 e. The summed E-state index contributed by atoms with van der Waals surface area (Å²) in [6, 6.07) is 0. The molecule has 0 spiro atoms. The zero-order chi connectivity index (χ0) is 0. The monoisotopic (exact) mass is 203 g/mol. The molecule has 4 heteroatoms. The van der Waals surface area contributed by atoms with E-state index in [2.05, 4.69) is 0 Å². The third-order valence-electron chi connectivity index (χ3n) is 0. The summed E-state index contributed by atoms with van der Waals surface area (Å²) in [5.41, 5.74) is 0. The average Bonchev–Trinajstić information content (AvgIpc) is 0. The molecule has 0 atom stereocenters. The van der Waals surface area contributed by atoms with E-state index in [-0.39, 0.29) is 77.4 Å². The first-order valence-electron chi connectivity index (χ1n) is 0. The van der Waals surface area contributed by atoms with Gasteiger partial charge in [0.2, 0.25) is 0 Å². The Morgan fingerprint density at radius 2 is 1.25 bits per heavy atom. The number of hydrogen-bond donors (Lipinski definition) is 0. The van der Waals surface area contributed by atoms with Gasteiger partial charge < -0.3 is 1.43 Å². The second-order valence-electron chi connectivity index (χ2n) is 0. The fourth-order valence-electron chi connectivity index (χ4n) is 0. The summed E-state index contributed by atoms with van der Waals surface area (Å²) in [6.07, 6.45) is 0. The first-order valence-corrected chi connectivity index (χ1v) is 0. The van der Waals surface area contributed by atoms with Crippen molar-refractivity contribution in [3.8, 4) is 0 Å². The molecule has 0 amide bonds. The van der Waals surface area contributed by atoms with Crippen LogP contribution in [0.5, 0.6) is 0 Å². The van der Waals surface area contributed by atoms with Crippen LogP contribution < -0.4 is 29.6 Å². The molecule has 29 valence electrons. The molecule has 0 aliphatic carbocycles. The van der Waals surface area contributed by atoms with Crippen LogP contribution in [0.2, 0.25) is 0 Å². The summed E-state index contributed by atoms with van der Waals surface area (Å²) in [4.78, 5) is 0. The molecule has 1 radical (unpaired) electrons. The van der Waals surface area contributed by atoms with Gasteiger partial charge in [0.1, 0.15) is 0 Å². The number of halogens is 2. The molecule has 0 unspecified atom stereocenters. The van der Waals surface area contributed by atoms with Crippen LogP contribution in [-0.4, -0.2) is 0 Å². The molecular formula is H3BrClCuNa. The molecule has 0 heterocycles. The van der Waals surface area contributed by atoms with E-state index >= 15 is 0 Å². The minimum atomic E-state index is 0. The van der Waals surface area contributed by atoms with Crippen molar-refractivity contribution in [1.82, 2.24) is 0 Å². The molecule has 0 aromatic rings. The molecule has 0 aliphatic heterocycles. The Labute approximate surface area is 76.5 Å². The van der Waals surface area contributed by atoms with Gasteiger partial charge in [0.15, 0.2) is 0 Å². The standard InChI is InChI=1S/BrH.ClH.Cu.Na.H/h2*1H;;;/q;;;+1;-1. The second-order valence-corrected chi connectivity index (χ2v) is 0. The van der Waals surface area contributed by atoms with Crippen LogP contribution in [0, 0.1) is 0 Å². The third-order valence-corrected chi connectivity index (χ3v) is 0. The van der Waals surface area contributed by atoms with Gasteiger partial charge in [-0.2, -0.15) is 0 Å². The maximum Gasteiger partial charge on any atom is 1.00 e. The third kappa shape index (κ3) is 8.85. The molecule has 0 aliphatic rings. The summed E-state index contributed by atoms with van der Waals surface area (Å²) in [5, 5.41) is 0. The Kier molecular flexibility index (Phi) is 156. The Balaban J connectivity index is 0. The van der Waals surface area contributed by atoms with Crippen molar-refractivity contribution in [2.24, 2.45) is 0 Å². The predicted octanol–water partition coefficient (Wildman–Crippen LogP) is -1.89. The topological polar surface area (TPSA) is 0 Å². The molecule has 0 aromatic heterocycles. The fourth-order valence-corrected chi connectivity index (χ4v) is 0. The van der Waals surface area contributed by atoms with E-state index in [9.17, 15) is 0 Å². The van der Waals surface area contributed by atoms with Crippen LogP contribution in [0.1, 0.15) is 1.43 Å². The van der Waals surface area contributed by atoms with Crippen LogP contribution in [-0.2, 0) is 17.1 Å². The van der Waals surface area contributed by atoms with Crippen LogP contribution in [0.25, 0.3) is 0 Å². The summed E-state index contributed by atoms with van der Waals surface area (Å²) < 4.78 is 0. The number of hydrogen-bond acceptors (Lipinski definition) is 0. The van der Waals surface area contributed by atoms with Crippen molar-refractivity contribution in [2.45, 2.75) is 0 Å². The first kappa shape index (κ1) is 33.6. The van der Waals surface area contributed by atoms with E-state index in [1.807, 2.05) is 0 Å². The molecule has 0 rings (SSSR count). The fraction of sp³-hybridized carbons (Fsp3) is 0. The van der Waals surface area contributed by atoms with E-state index in [4.69, 9.17) is 0 Å². The van der Waals surface area contributed by atoms with Crippen LogP contribution >= 0.6 is 29.4 Å². The van der Waals surface area contributed by atoms with Crippen molar-refractivity contribution in [3.63, 3.8) is 0 Å². The van der Waals surface area contributed by atoms with E-state index in [1.54, 1.807) is 0 Å². The Bertz CT molecular complexity index is 11.6. The second kappa shape index (κ2) is 18.6. The molecular weight excluding hydrogens is 202 g/mol. The molecule has 0 fully saturated rings. The van der Waals surface area contributed by atoms with Gasteiger partial charge in [-0.1, -0.05) is 0 Å². The quantitative estimate of drug-likeness (QED) is 0.406. The van der Waals surface area contributed by atoms with Crippen molar-refractivity contribution in [3.05, 3.63) is 0 Å². The minimum Gasteiger partial charge on any atom is -1.00 e. The largest absolute Gasteiger partial charge is 1.00 e. The summed E-state index contributed by atoms with van der Waals surface area (Å²) in [5.74, 6) is 0. The van der Waals surface area contributed by atoms with Gasteiger partial charge in [0, 0.05) is 17.1 Å². The van der Waals surface area contributed by atoms with Gasteiger partial charge in [-0.25, -0.2) is 0 Å². The molecule has 0 N–H and O–H groups in total. The van der Waals surface area contributed by atoms with E-state index in [1.165, 1.54) is 0 Å². The van der Waals surface area contributed by atoms with Gasteiger partial charge in [0.05, 0.1) is 0 Å². The summed E-state index contributed by atoms with van der Waals surface area (Å²) in [6.45, 7) is 0. The zero-order valence-electron chi connectivity index (χ0n) is 3.12. The minimum absolute atomic E-state index is 0. The molecule has 0 nitrogen and oxygen atoms in total. The number of rotatable bonds is 0. The van der Waals surface area contributed by atoms with Crippen molar-refractivity contribution < 1.29 is 48.1 Å². The maximum atomic E-state index is 0. The van der Waals surface area contributed by atoms with Gasteiger partial charge in [-0.3, -0.25) is 0 Å². The SMILES string of the molecule is Br.Cl.[Cu].[H-].[Na+]. The molecule has 0 saturated carbocycles. The van der Waals surface area contributed by atoms with Crippen molar-refractivity contribution in [1.29, 1.82) is 0 Å². The Morgan fingerprint density at radius 1 is 1.25 bits per heavy atom. The zero-order valence-corrected chi connectivity index (χ0v) is 7.59. The summed E-state index contributed by atoms with van der Waals surface area (Å²) >= 11 is 0. The average molecular weight is 205 g/mol. The Hall–Kier alpha value is 2.29. The van der Waals surface area contributed by atoms with E-state index in [0.29, 0.717) is 0 Å². The van der Waals surface area contributed by atoms with Crippen molar-refractivity contribution >= 4 is 29.4 Å². The first-order chi connectivity index (χ1) is 0. The van der Waals surface area contributed by atoms with Gasteiger partial charge in [-0.05, 0) is 0 Å². The van der Waals surface area contributed by atoms with Crippen LogP contribution in [0.4, 0.5) is 0 Å². The van der Waals surface area contributed by atoms with Gasteiger partial charge in [0.25, 0.3) is 0 Å². The van der Waals surface area contributed by atoms with Gasteiger partial charge >= 0.3 is 29.6 Å². The normalized spacial score (nSPS) is 0. The van der Waals surface area contributed by atoms with Crippen LogP contribution in [0.3, 0.4) is 0 Å². The molecule has 4 heavy (non-hydrogen) atoms. The van der Waals surface area contributed by atoms with Crippen LogP contribution in [0.15, 0.2) is 0 Å². The Morgan fingerprint density at radius 3 is 1.25 bits per heavy atom. The van der Waals surface area contributed by atoms with E-state index in [0.717, 1.165) is 0 Å². The van der Waals surface area contributed by atoms with Gasteiger partial charge in [-0.15, -0.1) is 29.4 Å². The maximum absolute atomic E-state index is 0. The predicted molar refractivity (Wildman–Crippen MR) is 18.7 cm³/mol. The molecule has 0 aromatic carbocycles. The van der Waals surface area contributed by atoms with Crippen molar-refractivity contribution in [2.75, 3.05) is 0 Å². The van der Waals surface area contributed by atoms with E-state index < -0.39 is 0 Å². The molecule has 0 saturated heterocycles. The summed E-state index contributed by atoms with van der Waals surface area (Å²) in [7, 11) is 0. The molecule has 0 bridgehead atoms.